The number of hydrogen-bond acceptors (Lipinski definition) is 8. The van der Waals surface area contributed by atoms with E-state index in [4.69, 9.17) is 34.2 Å². The van der Waals surface area contributed by atoms with Crippen LogP contribution in [0.4, 0.5) is 0 Å². The fourth-order valence-electron chi connectivity index (χ4n) is 8.45. The maximum atomic E-state index is 13.3. The summed E-state index contributed by atoms with van der Waals surface area (Å²) in [7, 11) is 0. The minimum Gasteiger partial charge on any atom is -0.494 e. The number of ether oxygens (including phenoxy) is 6. The second-order valence-electron chi connectivity index (χ2n) is 18.5. The lowest BCUT2D eigenvalue weighted by Crippen LogP contribution is -2.49. The van der Waals surface area contributed by atoms with Crippen molar-refractivity contribution in [3.8, 4) is 40.2 Å². The summed E-state index contributed by atoms with van der Waals surface area (Å²) in [6, 6.07) is 43.5. The Hall–Kier alpha value is -6.09. The van der Waals surface area contributed by atoms with Gasteiger partial charge in [-0.15, -0.1) is 0 Å². The SMILES string of the molecule is CCC(C)Oc1ccc(C(C)c2ccc(OC(=O)c3ccc(Oc4ccc(C(C)(CC)C(C)(CC)OCCCCOc5ccc(Oc6ccc(C(N)CC)cc6)cc5)cc4)cc3)c(C)c2)cc1C. The number of carbonyl (C=O) groups excluding carboxylic acids is 1. The van der Waals surface area contributed by atoms with Gasteiger partial charge in [0.2, 0.25) is 0 Å². The van der Waals surface area contributed by atoms with Gasteiger partial charge in [0, 0.05) is 24.0 Å². The zero-order chi connectivity index (χ0) is 48.8. The van der Waals surface area contributed by atoms with Crippen LogP contribution in [0.1, 0.15) is 150 Å². The zero-order valence-corrected chi connectivity index (χ0v) is 42.0. The molecule has 2 N–H and O–H groups in total. The number of aryl methyl sites for hydroxylation is 2. The first kappa shape index (κ1) is 51.3. The molecule has 0 radical (unpaired) electrons. The molecule has 6 aromatic rings. The van der Waals surface area contributed by atoms with E-state index in [1.54, 1.807) is 24.3 Å². The van der Waals surface area contributed by atoms with Crippen LogP contribution in [0.15, 0.2) is 133 Å². The molecule has 0 aliphatic carbocycles. The van der Waals surface area contributed by atoms with Crippen molar-refractivity contribution in [2.45, 2.75) is 137 Å². The molecule has 0 amide bonds. The Kier molecular flexibility index (Phi) is 17.9. The molecule has 6 rings (SSSR count). The summed E-state index contributed by atoms with van der Waals surface area (Å²) in [5.74, 6) is 4.88. The molecule has 5 atom stereocenters. The summed E-state index contributed by atoms with van der Waals surface area (Å²) in [6.45, 7) is 22.7. The summed E-state index contributed by atoms with van der Waals surface area (Å²) >= 11 is 0. The Bertz CT molecular complexity index is 2520. The highest BCUT2D eigenvalue weighted by atomic mass is 16.5. The third kappa shape index (κ3) is 12.9. The van der Waals surface area contributed by atoms with Crippen LogP contribution in [0.25, 0.3) is 0 Å². The molecule has 0 saturated carbocycles. The fourth-order valence-corrected chi connectivity index (χ4v) is 8.45. The first-order valence-electron chi connectivity index (χ1n) is 24.6. The van der Waals surface area contributed by atoms with Gasteiger partial charge in [-0.05, 0) is 185 Å². The van der Waals surface area contributed by atoms with E-state index in [1.165, 1.54) is 11.1 Å². The quantitative estimate of drug-likeness (QED) is 0.0364. The van der Waals surface area contributed by atoms with Crippen molar-refractivity contribution in [3.63, 3.8) is 0 Å². The van der Waals surface area contributed by atoms with E-state index in [-0.39, 0.29) is 29.1 Å². The van der Waals surface area contributed by atoms with Crippen molar-refractivity contribution >= 4 is 5.97 Å². The van der Waals surface area contributed by atoms with Crippen molar-refractivity contribution < 1.29 is 33.2 Å². The first-order valence-corrected chi connectivity index (χ1v) is 24.6. The zero-order valence-electron chi connectivity index (χ0n) is 42.0. The molecule has 360 valence electrons. The predicted molar refractivity (Wildman–Crippen MR) is 275 cm³/mol. The summed E-state index contributed by atoms with van der Waals surface area (Å²) in [5, 5.41) is 0. The van der Waals surface area contributed by atoms with E-state index in [0.29, 0.717) is 36.0 Å². The van der Waals surface area contributed by atoms with Crippen LogP contribution < -0.4 is 29.4 Å². The Balaban J connectivity index is 0.957. The maximum Gasteiger partial charge on any atom is 0.343 e. The lowest BCUT2D eigenvalue weighted by molar-refractivity contribution is -0.0905. The van der Waals surface area contributed by atoms with Crippen LogP contribution in [0.3, 0.4) is 0 Å². The lowest BCUT2D eigenvalue weighted by Gasteiger charge is -2.46. The van der Waals surface area contributed by atoms with Gasteiger partial charge in [-0.2, -0.15) is 0 Å². The van der Waals surface area contributed by atoms with Crippen molar-refractivity contribution in [1.82, 2.24) is 0 Å². The molecule has 0 aliphatic heterocycles. The molecule has 0 saturated heterocycles. The smallest absolute Gasteiger partial charge is 0.343 e. The van der Waals surface area contributed by atoms with E-state index < -0.39 is 5.97 Å². The number of unbranched alkanes of at least 4 members (excludes halogenated alkanes) is 1. The van der Waals surface area contributed by atoms with E-state index in [9.17, 15) is 4.79 Å². The highest BCUT2D eigenvalue weighted by Crippen LogP contribution is 2.44. The number of benzene rings is 6. The van der Waals surface area contributed by atoms with Gasteiger partial charge in [0.1, 0.15) is 40.2 Å². The van der Waals surface area contributed by atoms with Crippen molar-refractivity contribution in [3.05, 3.63) is 172 Å². The molecule has 0 spiro atoms. The Morgan fingerprint density at radius 2 is 1.06 bits per heavy atom. The molecule has 6 aromatic carbocycles. The molecule has 5 unspecified atom stereocenters. The molecule has 0 fully saturated rings. The molecular formula is C60H73NO7. The topological polar surface area (TPSA) is 98.5 Å². The average molecular weight is 920 g/mol. The summed E-state index contributed by atoms with van der Waals surface area (Å²) in [6.07, 6.45) is 5.56. The van der Waals surface area contributed by atoms with E-state index in [2.05, 4.69) is 98.7 Å². The summed E-state index contributed by atoms with van der Waals surface area (Å²) in [5.41, 5.74) is 12.6. The van der Waals surface area contributed by atoms with E-state index in [1.807, 2.05) is 79.7 Å². The van der Waals surface area contributed by atoms with Gasteiger partial charge in [-0.1, -0.05) is 90.1 Å². The van der Waals surface area contributed by atoms with Gasteiger partial charge in [0.15, 0.2) is 0 Å². The van der Waals surface area contributed by atoms with Crippen LogP contribution in [0.2, 0.25) is 0 Å². The minimum atomic E-state index is -0.421. The van der Waals surface area contributed by atoms with Gasteiger partial charge in [-0.3, -0.25) is 0 Å². The van der Waals surface area contributed by atoms with Crippen LogP contribution in [0.5, 0.6) is 40.2 Å². The molecule has 0 heterocycles. The molecule has 0 aliphatic rings. The van der Waals surface area contributed by atoms with Crippen molar-refractivity contribution in [2.75, 3.05) is 13.2 Å². The normalized spacial score (nSPS) is 14.5. The highest BCUT2D eigenvalue weighted by Gasteiger charge is 2.44. The van der Waals surface area contributed by atoms with Crippen LogP contribution in [0, 0.1) is 13.8 Å². The second kappa shape index (κ2) is 23.8. The lowest BCUT2D eigenvalue weighted by atomic mass is 9.66. The van der Waals surface area contributed by atoms with Gasteiger partial charge in [0.25, 0.3) is 0 Å². The minimum absolute atomic E-state index is 0.0410. The summed E-state index contributed by atoms with van der Waals surface area (Å²) in [4.78, 5) is 13.3. The van der Waals surface area contributed by atoms with Gasteiger partial charge < -0.3 is 34.2 Å². The third-order valence-electron chi connectivity index (χ3n) is 13.9. The number of carbonyl (C=O) groups is 1. The number of rotatable bonds is 24. The van der Waals surface area contributed by atoms with Crippen molar-refractivity contribution in [1.29, 1.82) is 0 Å². The molecular weight excluding hydrogens is 847 g/mol. The Morgan fingerprint density at radius 3 is 1.57 bits per heavy atom. The van der Waals surface area contributed by atoms with Gasteiger partial charge in [-0.25, -0.2) is 4.79 Å². The van der Waals surface area contributed by atoms with Crippen LogP contribution in [-0.2, 0) is 10.2 Å². The molecule has 8 nitrogen and oxygen atoms in total. The van der Waals surface area contributed by atoms with Gasteiger partial charge >= 0.3 is 5.97 Å². The predicted octanol–water partition coefficient (Wildman–Crippen LogP) is 15.6. The number of nitrogens with two attached hydrogens (primary N) is 1. The van der Waals surface area contributed by atoms with Crippen LogP contribution >= 0.6 is 0 Å². The van der Waals surface area contributed by atoms with Crippen molar-refractivity contribution in [2.24, 2.45) is 5.73 Å². The van der Waals surface area contributed by atoms with Crippen LogP contribution in [-0.4, -0.2) is 30.9 Å². The third-order valence-corrected chi connectivity index (χ3v) is 13.9. The maximum absolute atomic E-state index is 13.3. The monoisotopic (exact) mass is 920 g/mol. The standard InChI is InChI=1S/C60H73NO7/c1-11-43(7)65-56-35-21-47(39-41(56)5)44(8)48-22-36-57(42(6)40-48)68-58(62)46-19-27-52(28-20-46)66-53-29-23-49(24-30-53)59(9,13-3)60(10,14-4)64-38-16-15-37-63-50-31-33-54(34-32-50)67-51-25-17-45(18-26-51)55(61)12-2/h17-36,39-40,43-44,55H,11-16,37-38,61H2,1-10H3. The first-order chi connectivity index (χ1) is 32.7. The molecule has 0 aromatic heterocycles. The fraction of sp³-hybridized carbons (Fsp3) is 0.383. The highest BCUT2D eigenvalue weighted by molar-refractivity contribution is 5.91. The van der Waals surface area contributed by atoms with E-state index in [0.717, 1.165) is 83.8 Å². The number of esters is 1. The average Bonchev–Trinajstić information content (AvgIpc) is 3.36. The number of hydrogen-bond donors (Lipinski definition) is 1. The van der Waals surface area contributed by atoms with E-state index >= 15 is 0 Å². The molecule has 8 heteroatoms. The second-order valence-corrected chi connectivity index (χ2v) is 18.5. The Morgan fingerprint density at radius 1 is 0.574 bits per heavy atom. The molecule has 0 bridgehead atoms. The summed E-state index contributed by atoms with van der Waals surface area (Å²) < 4.78 is 37.0. The largest absolute Gasteiger partial charge is 0.494 e. The Labute approximate surface area is 406 Å². The van der Waals surface area contributed by atoms with Gasteiger partial charge in [0.05, 0.1) is 23.9 Å². The molecule has 68 heavy (non-hydrogen) atoms.